The first-order valence-corrected chi connectivity index (χ1v) is 2.76. The maximum atomic E-state index is 5.31. The predicted octanol–water partition coefficient (Wildman–Crippen LogP) is 1.45. The minimum atomic E-state index is 0.455. The molecule has 0 aliphatic rings. The van der Waals surface area contributed by atoms with E-state index in [1.165, 1.54) is 6.08 Å². The summed E-state index contributed by atoms with van der Waals surface area (Å²) >= 11 is 0. The van der Waals surface area contributed by atoms with E-state index in [0.29, 0.717) is 5.84 Å². The molecule has 50 valence electrons. The van der Waals surface area contributed by atoms with Gasteiger partial charge in [0.1, 0.15) is 5.84 Å². The van der Waals surface area contributed by atoms with Crippen molar-refractivity contribution in [3.05, 3.63) is 24.4 Å². The predicted molar refractivity (Wildman–Crippen MR) is 41.3 cm³/mol. The van der Waals surface area contributed by atoms with Crippen LogP contribution in [0.2, 0.25) is 0 Å². The van der Waals surface area contributed by atoms with Crippen LogP contribution in [-0.2, 0) is 0 Å². The largest absolute Gasteiger partial charge is 0.384 e. The summed E-state index contributed by atoms with van der Waals surface area (Å²) in [6.45, 7) is 7.37. The summed E-state index contributed by atoms with van der Waals surface area (Å²) in [6, 6.07) is 0. The van der Waals surface area contributed by atoms with Crippen LogP contribution in [0.25, 0.3) is 0 Å². The zero-order chi connectivity index (χ0) is 7.28. The van der Waals surface area contributed by atoms with Crippen LogP contribution in [0.15, 0.2) is 29.4 Å². The van der Waals surface area contributed by atoms with Gasteiger partial charge in [-0.3, -0.25) is 0 Å². The van der Waals surface area contributed by atoms with Gasteiger partial charge in [0.15, 0.2) is 0 Å². The third-order valence-corrected chi connectivity index (χ3v) is 0.681. The van der Waals surface area contributed by atoms with Crippen LogP contribution in [0.1, 0.15) is 13.8 Å². The van der Waals surface area contributed by atoms with Crippen LogP contribution in [-0.4, -0.2) is 5.84 Å². The average molecular weight is 124 g/mol. The van der Waals surface area contributed by atoms with E-state index in [9.17, 15) is 0 Å². The highest BCUT2D eigenvalue weighted by Gasteiger charge is 1.76. The van der Waals surface area contributed by atoms with Crippen LogP contribution >= 0.6 is 0 Å². The van der Waals surface area contributed by atoms with E-state index in [1.807, 2.05) is 13.8 Å². The van der Waals surface area contributed by atoms with Gasteiger partial charge >= 0.3 is 0 Å². The lowest BCUT2D eigenvalue weighted by molar-refractivity contribution is 1.33. The van der Waals surface area contributed by atoms with Gasteiger partial charge in [0, 0.05) is 6.20 Å². The van der Waals surface area contributed by atoms with E-state index in [2.05, 4.69) is 11.6 Å². The van der Waals surface area contributed by atoms with Crippen LogP contribution in [0, 0.1) is 0 Å². The zero-order valence-corrected chi connectivity index (χ0v) is 5.89. The van der Waals surface area contributed by atoms with Gasteiger partial charge in [0.2, 0.25) is 0 Å². The maximum Gasteiger partial charge on any atom is 0.122 e. The Balaban J connectivity index is 3.98. The smallest absolute Gasteiger partial charge is 0.122 e. The van der Waals surface area contributed by atoms with Crippen molar-refractivity contribution in [1.82, 2.24) is 0 Å². The van der Waals surface area contributed by atoms with Crippen LogP contribution < -0.4 is 5.73 Å². The molecular weight excluding hydrogens is 112 g/mol. The highest BCUT2D eigenvalue weighted by atomic mass is 14.8. The van der Waals surface area contributed by atoms with Crippen molar-refractivity contribution in [1.29, 1.82) is 0 Å². The highest BCUT2D eigenvalue weighted by molar-refractivity contribution is 5.91. The van der Waals surface area contributed by atoms with Gasteiger partial charge in [-0.15, -0.1) is 0 Å². The first-order chi connectivity index (χ1) is 4.16. The molecule has 0 aromatic heterocycles. The Morgan fingerprint density at radius 3 is 2.44 bits per heavy atom. The van der Waals surface area contributed by atoms with Crippen molar-refractivity contribution >= 4 is 5.84 Å². The second-order valence-corrected chi connectivity index (χ2v) is 1.96. The number of hydrogen-bond donors (Lipinski definition) is 1. The number of amidine groups is 1. The Kier molecular flexibility index (Phi) is 3.44. The summed E-state index contributed by atoms with van der Waals surface area (Å²) in [6.07, 6.45) is 3.22. The molecule has 0 aliphatic heterocycles. The van der Waals surface area contributed by atoms with Crippen LogP contribution in [0.3, 0.4) is 0 Å². The molecule has 0 heterocycles. The van der Waals surface area contributed by atoms with Crippen LogP contribution in [0.5, 0.6) is 0 Å². The second-order valence-electron chi connectivity index (χ2n) is 1.96. The van der Waals surface area contributed by atoms with E-state index in [4.69, 9.17) is 5.73 Å². The van der Waals surface area contributed by atoms with Crippen LogP contribution in [0.4, 0.5) is 0 Å². The Morgan fingerprint density at radius 1 is 1.56 bits per heavy atom. The third kappa shape index (κ3) is 4.81. The number of rotatable bonds is 2. The van der Waals surface area contributed by atoms with Crippen molar-refractivity contribution in [2.75, 3.05) is 0 Å². The molecule has 0 aliphatic carbocycles. The number of aliphatic imine (C=N–C) groups is 1. The lowest BCUT2D eigenvalue weighted by Crippen LogP contribution is -2.05. The molecule has 0 saturated heterocycles. The fourth-order valence-corrected chi connectivity index (χ4v) is 0.256. The van der Waals surface area contributed by atoms with E-state index in [1.54, 1.807) is 6.20 Å². The first kappa shape index (κ1) is 7.95. The number of nitrogens with two attached hydrogens (primary N) is 1. The molecule has 0 atom stereocenters. The molecule has 0 fully saturated rings. The van der Waals surface area contributed by atoms with Crippen molar-refractivity contribution in [3.63, 3.8) is 0 Å². The zero-order valence-electron chi connectivity index (χ0n) is 5.89. The summed E-state index contributed by atoms with van der Waals surface area (Å²) in [5, 5.41) is 0. The van der Waals surface area contributed by atoms with E-state index in [0.717, 1.165) is 5.57 Å². The fourth-order valence-electron chi connectivity index (χ4n) is 0.256. The van der Waals surface area contributed by atoms with Gasteiger partial charge < -0.3 is 5.73 Å². The first-order valence-electron chi connectivity index (χ1n) is 2.76. The van der Waals surface area contributed by atoms with Gasteiger partial charge in [-0.25, -0.2) is 4.99 Å². The Morgan fingerprint density at radius 2 is 2.11 bits per heavy atom. The highest BCUT2D eigenvalue weighted by Crippen LogP contribution is 1.87. The summed E-state index contributed by atoms with van der Waals surface area (Å²) in [5.41, 5.74) is 6.43. The fraction of sp³-hybridized carbons (Fsp3) is 0.286. The molecule has 9 heavy (non-hydrogen) atoms. The lowest BCUT2D eigenvalue weighted by Gasteiger charge is -1.86. The summed E-state index contributed by atoms with van der Waals surface area (Å²) in [7, 11) is 0. The second kappa shape index (κ2) is 3.89. The number of hydrogen-bond acceptors (Lipinski definition) is 1. The third-order valence-electron chi connectivity index (χ3n) is 0.681. The lowest BCUT2D eigenvalue weighted by atomic mass is 10.4. The summed E-state index contributed by atoms with van der Waals surface area (Å²) in [5.74, 6) is 0.455. The topological polar surface area (TPSA) is 38.4 Å². The monoisotopic (exact) mass is 124 g/mol. The molecule has 0 unspecified atom stereocenters. The van der Waals surface area contributed by atoms with Crippen molar-refractivity contribution in [2.24, 2.45) is 10.7 Å². The Labute approximate surface area is 55.8 Å². The summed E-state index contributed by atoms with van der Waals surface area (Å²) in [4.78, 5) is 3.86. The van der Waals surface area contributed by atoms with Crippen molar-refractivity contribution in [2.45, 2.75) is 13.8 Å². The standard InChI is InChI=1S/C7H12N2/c1-4-7(8)9-5-6(2)3/h4-5H,1H2,2-3H3,(H2,8,9). The van der Waals surface area contributed by atoms with Crippen molar-refractivity contribution in [3.8, 4) is 0 Å². The number of allylic oxidation sites excluding steroid dienone is 1. The Bertz CT molecular complexity index is 150. The van der Waals surface area contributed by atoms with Gasteiger partial charge in [0.05, 0.1) is 0 Å². The van der Waals surface area contributed by atoms with E-state index >= 15 is 0 Å². The average Bonchev–Trinajstić information content (AvgIpc) is 1.83. The van der Waals surface area contributed by atoms with Gasteiger partial charge in [-0.1, -0.05) is 12.2 Å². The molecule has 2 heteroatoms. The molecule has 2 N–H and O–H groups in total. The molecule has 0 aromatic rings. The van der Waals surface area contributed by atoms with E-state index < -0.39 is 0 Å². The van der Waals surface area contributed by atoms with Gasteiger partial charge in [-0.2, -0.15) is 0 Å². The van der Waals surface area contributed by atoms with Crippen molar-refractivity contribution < 1.29 is 0 Å². The molecule has 0 radical (unpaired) electrons. The molecule has 0 aromatic carbocycles. The number of nitrogens with zero attached hydrogens (tertiary/aromatic N) is 1. The quantitative estimate of drug-likeness (QED) is 0.439. The SMILES string of the molecule is C=CC(N)=NC=C(C)C. The normalized spacial score (nSPS) is 10.7. The molecule has 0 amide bonds. The molecule has 0 saturated carbocycles. The van der Waals surface area contributed by atoms with E-state index in [-0.39, 0.29) is 0 Å². The molecule has 0 spiro atoms. The Hall–Kier alpha value is -1.05. The van der Waals surface area contributed by atoms with Gasteiger partial charge in [0.25, 0.3) is 0 Å². The van der Waals surface area contributed by atoms with Gasteiger partial charge in [-0.05, 0) is 19.9 Å². The maximum absolute atomic E-state index is 5.31. The molecule has 2 nitrogen and oxygen atoms in total. The molecule has 0 bridgehead atoms. The molecular formula is C7H12N2. The minimum Gasteiger partial charge on any atom is -0.384 e. The summed E-state index contributed by atoms with van der Waals surface area (Å²) < 4.78 is 0. The minimum absolute atomic E-state index is 0.455. The molecule has 0 rings (SSSR count).